The van der Waals surface area contributed by atoms with Crippen molar-refractivity contribution in [3.8, 4) is 33.5 Å². The van der Waals surface area contributed by atoms with Crippen molar-refractivity contribution in [3.05, 3.63) is 83.6 Å². The third-order valence-electron chi connectivity index (χ3n) is 14.6. The van der Waals surface area contributed by atoms with E-state index < -0.39 is 24.3 Å². The van der Waals surface area contributed by atoms with E-state index in [1.165, 1.54) is 36.5 Å². The first kappa shape index (κ1) is 45.0. The predicted molar refractivity (Wildman–Crippen MR) is 252 cm³/mol. The molecule has 9 rings (SSSR count). The third-order valence-corrected chi connectivity index (χ3v) is 14.6. The maximum atomic E-state index is 14.0. The van der Waals surface area contributed by atoms with Gasteiger partial charge in [-0.1, -0.05) is 84.0 Å². The summed E-state index contributed by atoms with van der Waals surface area (Å²) in [7, 11) is 4.86. The quantitative estimate of drug-likeness (QED) is 0.101. The summed E-state index contributed by atoms with van der Waals surface area (Å²) in [4.78, 5) is 75.3. The zero-order valence-electron chi connectivity index (χ0n) is 39.5. The number of amides is 4. The number of benzene rings is 3. The summed E-state index contributed by atoms with van der Waals surface area (Å²) in [6, 6.07) is 18.4. The van der Waals surface area contributed by atoms with Crippen LogP contribution in [0.2, 0.25) is 0 Å². The van der Waals surface area contributed by atoms with Crippen molar-refractivity contribution in [2.24, 2.45) is 23.7 Å². The average molecular weight is 898 g/mol. The van der Waals surface area contributed by atoms with E-state index in [2.05, 4.69) is 101 Å². The Labute approximate surface area is 386 Å². The van der Waals surface area contributed by atoms with Crippen LogP contribution in [0.5, 0.6) is 0 Å². The van der Waals surface area contributed by atoms with Crippen LogP contribution in [0.3, 0.4) is 0 Å². The van der Waals surface area contributed by atoms with E-state index in [1.807, 2.05) is 43.7 Å². The molecule has 6 heterocycles. The maximum Gasteiger partial charge on any atom is 0.407 e. The molecule has 2 unspecified atom stereocenters. The van der Waals surface area contributed by atoms with Crippen LogP contribution in [0.1, 0.15) is 114 Å². The molecular formula is C51H63N9O6. The molecule has 4 aliphatic heterocycles. The summed E-state index contributed by atoms with van der Waals surface area (Å²) < 4.78 is 9.66. The molecule has 5 aromatic rings. The van der Waals surface area contributed by atoms with Gasteiger partial charge in [0.1, 0.15) is 23.7 Å². The molecule has 3 saturated heterocycles. The van der Waals surface area contributed by atoms with Gasteiger partial charge in [-0.15, -0.1) is 0 Å². The van der Waals surface area contributed by atoms with Crippen molar-refractivity contribution in [1.82, 2.24) is 45.3 Å². The molecule has 2 bridgehead atoms. The van der Waals surface area contributed by atoms with Gasteiger partial charge in [0.25, 0.3) is 0 Å². The van der Waals surface area contributed by atoms with Gasteiger partial charge < -0.3 is 39.9 Å². The van der Waals surface area contributed by atoms with Gasteiger partial charge in [-0.25, -0.2) is 19.6 Å². The molecule has 8 atom stereocenters. The Bertz CT molecular complexity index is 2650. The minimum atomic E-state index is -0.706. The van der Waals surface area contributed by atoms with E-state index in [0.717, 1.165) is 70.7 Å². The van der Waals surface area contributed by atoms with E-state index in [9.17, 15) is 19.2 Å². The number of likely N-dealkylation sites (tertiary alicyclic amines) is 2. The monoisotopic (exact) mass is 897 g/mol. The second-order valence-corrected chi connectivity index (χ2v) is 19.8. The van der Waals surface area contributed by atoms with Gasteiger partial charge in [0.15, 0.2) is 0 Å². The SMILES string of the molecule is COC(=O)N[C@H](C(=O)N1C[C@@H](C)C[C@H]1c1ncc(-c2ccc(-c3ccc(-c4ccc5nc([C@@H]6C[C@H](C)CN6C(=O)[C@@H](NC(=O)OC)C(C)C)[nH]c5c4)c4c3C3CCC4N3C)cc2)[nH]1)C(C)C. The lowest BCUT2D eigenvalue weighted by atomic mass is 9.81. The number of nitrogens with one attached hydrogen (secondary N) is 4. The van der Waals surface area contributed by atoms with Crippen LogP contribution >= 0.6 is 0 Å². The van der Waals surface area contributed by atoms with E-state index in [4.69, 9.17) is 19.4 Å². The van der Waals surface area contributed by atoms with Crippen LogP contribution in [-0.4, -0.2) is 105 Å². The first-order valence-corrected chi connectivity index (χ1v) is 23.5. The lowest BCUT2D eigenvalue weighted by Crippen LogP contribution is -2.51. The summed E-state index contributed by atoms with van der Waals surface area (Å²) in [5.41, 5.74) is 11.2. The highest BCUT2D eigenvalue weighted by Gasteiger charge is 2.45. The molecule has 66 heavy (non-hydrogen) atoms. The van der Waals surface area contributed by atoms with Crippen molar-refractivity contribution in [1.29, 1.82) is 0 Å². The fourth-order valence-electron chi connectivity index (χ4n) is 11.2. The van der Waals surface area contributed by atoms with Gasteiger partial charge >= 0.3 is 12.2 Å². The highest BCUT2D eigenvalue weighted by molar-refractivity contribution is 5.89. The van der Waals surface area contributed by atoms with Gasteiger partial charge in [-0.3, -0.25) is 14.5 Å². The number of nitrogens with zero attached hydrogens (tertiary/aromatic N) is 5. The van der Waals surface area contributed by atoms with Gasteiger partial charge in [0.2, 0.25) is 11.8 Å². The number of imidazole rings is 2. The molecule has 15 nitrogen and oxygen atoms in total. The van der Waals surface area contributed by atoms with E-state index in [1.54, 1.807) is 0 Å². The van der Waals surface area contributed by atoms with Gasteiger partial charge in [-0.05, 0) is 107 Å². The van der Waals surface area contributed by atoms with E-state index in [0.29, 0.717) is 25.2 Å². The molecule has 2 aromatic heterocycles. The van der Waals surface area contributed by atoms with Crippen LogP contribution in [0.4, 0.5) is 9.59 Å². The number of hydrogen-bond donors (Lipinski definition) is 4. The fourth-order valence-corrected chi connectivity index (χ4v) is 11.2. The number of rotatable bonds is 11. The van der Waals surface area contributed by atoms with E-state index >= 15 is 0 Å². The second-order valence-electron chi connectivity index (χ2n) is 19.8. The summed E-state index contributed by atoms with van der Waals surface area (Å²) in [6.45, 7) is 13.1. The van der Waals surface area contributed by atoms with Crippen molar-refractivity contribution >= 4 is 35.0 Å². The topological polar surface area (TPSA) is 178 Å². The molecule has 0 saturated carbocycles. The minimum absolute atomic E-state index is 0.116. The maximum absolute atomic E-state index is 14.0. The number of alkyl carbamates (subject to hydrolysis) is 2. The van der Waals surface area contributed by atoms with E-state index in [-0.39, 0.29) is 47.6 Å². The highest BCUT2D eigenvalue weighted by atomic mass is 16.5. The van der Waals surface area contributed by atoms with Crippen LogP contribution in [0, 0.1) is 23.7 Å². The molecule has 0 radical (unpaired) electrons. The number of methoxy groups -OCH3 is 2. The average Bonchev–Trinajstić information content (AvgIpc) is 4.18. The molecule has 4 aliphatic rings. The molecule has 0 spiro atoms. The minimum Gasteiger partial charge on any atom is -0.453 e. The molecule has 0 aliphatic carbocycles. The number of fused-ring (bicyclic) bond motifs is 6. The van der Waals surface area contributed by atoms with Crippen molar-refractivity contribution in [2.45, 2.75) is 103 Å². The van der Waals surface area contributed by atoms with Crippen molar-refractivity contribution in [3.63, 3.8) is 0 Å². The number of aromatic amines is 2. The Morgan fingerprint density at radius 2 is 1.17 bits per heavy atom. The molecule has 348 valence electrons. The summed E-state index contributed by atoms with van der Waals surface area (Å²) in [6.07, 6.45) is 4.37. The van der Waals surface area contributed by atoms with Gasteiger partial charge in [-0.2, -0.15) is 0 Å². The fraction of sp³-hybridized carbons (Fsp3) is 0.490. The Morgan fingerprint density at radius 3 is 1.70 bits per heavy atom. The van der Waals surface area contributed by atoms with Crippen molar-refractivity contribution < 1.29 is 28.7 Å². The summed E-state index contributed by atoms with van der Waals surface area (Å²) in [5, 5.41) is 5.49. The number of aromatic nitrogens is 4. The Balaban J connectivity index is 0.973. The van der Waals surface area contributed by atoms with Gasteiger partial charge in [0, 0.05) is 25.2 Å². The molecule has 15 heteroatoms. The Morgan fingerprint density at radius 1 is 0.667 bits per heavy atom. The van der Waals surface area contributed by atoms with Crippen molar-refractivity contribution in [2.75, 3.05) is 34.4 Å². The second kappa shape index (κ2) is 17.9. The zero-order valence-corrected chi connectivity index (χ0v) is 39.5. The van der Waals surface area contributed by atoms with Crippen LogP contribution < -0.4 is 10.6 Å². The molecule has 4 N–H and O–H groups in total. The zero-order chi connectivity index (χ0) is 46.7. The Kier molecular flexibility index (Phi) is 12.2. The lowest BCUT2D eigenvalue weighted by Gasteiger charge is -2.30. The van der Waals surface area contributed by atoms with Crippen LogP contribution in [-0.2, 0) is 19.1 Å². The number of hydrogen-bond acceptors (Lipinski definition) is 9. The number of carbonyl (C=O) groups excluding carboxylic acids is 4. The summed E-state index contributed by atoms with van der Waals surface area (Å²) >= 11 is 0. The Hall–Kier alpha value is -6.22. The molecular weight excluding hydrogens is 835 g/mol. The highest BCUT2D eigenvalue weighted by Crippen LogP contribution is 2.57. The first-order valence-electron chi connectivity index (χ1n) is 23.5. The molecule has 3 aromatic carbocycles. The van der Waals surface area contributed by atoms with Gasteiger partial charge in [0.05, 0.1) is 49.2 Å². The third kappa shape index (κ3) is 8.09. The van der Waals surface area contributed by atoms with Crippen LogP contribution in [0.25, 0.3) is 44.5 Å². The standard InChI is InChI=1S/C51H63N9O6/c1-26(2)44(56-50(63)65-8)48(61)59-24-28(5)20-40(59)46-52-23-37(55-46)31-12-10-30(11-13-31)33-15-16-34(43-39-19-18-38(42(33)43)58(39)7)32-14-17-35-36(22-32)54-47(53-35)41-21-29(6)25-60(41)49(62)45(27(3)4)57-51(64)66-9/h10-17,22-23,26-29,38-41,44-45H,18-21,24-25H2,1-9H3,(H,52,55)(H,53,54)(H,56,63)(H,57,64)/t28-,29-,38?,39?,40-,41-,44-,45-/m0/s1. The first-order chi connectivity index (χ1) is 31.6. The molecule has 3 fully saturated rings. The predicted octanol–water partition coefficient (Wildman–Crippen LogP) is 8.69. The number of carbonyl (C=O) groups is 4. The largest absolute Gasteiger partial charge is 0.453 e. The smallest absolute Gasteiger partial charge is 0.407 e. The summed E-state index contributed by atoms with van der Waals surface area (Å²) in [5.74, 6) is 1.54. The number of H-pyrrole nitrogens is 2. The van der Waals surface area contributed by atoms with Crippen LogP contribution in [0.15, 0.2) is 60.8 Å². The number of ether oxygens (including phenoxy) is 2. The molecule has 4 amide bonds. The lowest BCUT2D eigenvalue weighted by molar-refractivity contribution is -0.136. The normalized spacial score (nSPS) is 23.4.